The molecule has 4 nitrogen and oxygen atoms in total. The van der Waals surface area contributed by atoms with Crippen molar-refractivity contribution in [3.63, 3.8) is 0 Å². The van der Waals surface area contributed by atoms with Gasteiger partial charge in [-0.25, -0.2) is 0 Å². The lowest BCUT2D eigenvalue weighted by atomic mass is 9.99. The van der Waals surface area contributed by atoms with Crippen LogP contribution in [0.25, 0.3) is 0 Å². The van der Waals surface area contributed by atoms with Gasteiger partial charge in [0.1, 0.15) is 0 Å². The number of nitrogens with two attached hydrogens (primary N) is 1. The highest BCUT2D eigenvalue weighted by atomic mass is 16.2. The third kappa shape index (κ3) is 3.19. The number of piperazine rings is 1. The lowest BCUT2D eigenvalue weighted by Gasteiger charge is -2.45. The molecule has 1 aromatic rings. The van der Waals surface area contributed by atoms with Crippen molar-refractivity contribution >= 4 is 5.91 Å². The molecule has 1 aliphatic rings. The van der Waals surface area contributed by atoms with Gasteiger partial charge in [0, 0.05) is 30.7 Å². The number of amides is 1. The SMILES string of the molecule is CN1CCN(C(=O)c2ccc(CCN)cc2)CC1(C)C. The summed E-state index contributed by atoms with van der Waals surface area (Å²) in [5.41, 5.74) is 7.53. The first-order valence-corrected chi connectivity index (χ1v) is 7.23. The average Bonchev–Trinajstić information content (AvgIpc) is 2.42. The van der Waals surface area contributed by atoms with Crippen LogP contribution in [0.1, 0.15) is 29.8 Å². The Morgan fingerprint density at radius 1 is 1.25 bits per heavy atom. The predicted molar refractivity (Wildman–Crippen MR) is 81.8 cm³/mol. The second kappa shape index (κ2) is 5.94. The standard InChI is InChI=1S/C16H25N3O/c1-16(2)12-19(11-10-18(16)3)15(20)14-6-4-13(5-7-14)8-9-17/h4-7H,8-12,17H2,1-3H3. The molecule has 0 bridgehead atoms. The summed E-state index contributed by atoms with van der Waals surface area (Å²) in [4.78, 5) is 16.8. The second-order valence-electron chi connectivity index (χ2n) is 6.20. The van der Waals surface area contributed by atoms with Crippen LogP contribution in [-0.2, 0) is 6.42 Å². The number of carbonyl (C=O) groups is 1. The molecule has 1 fully saturated rings. The third-order valence-electron chi connectivity index (χ3n) is 4.24. The van der Waals surface area contributed by atoms with Crippen LogP contribution < -0.4 is 5.73 Å². The first kappa shape index (κ1) is 15.0. The van der Waals surface area contributed by atoms with E-state index in [0.29, 0.717) is 6.54 Å². The Kier molecular flexibility index (Phi) is 4.45. The summed E-state index contributed by atoms with van der Waals surface area (Å²) in [7, 11) is 2.11. The Balaban J connectivity index is 2.07. The van der Waals surface area contributed by atoms with E-state index in [4.69, 9.17) is 5.73 Å². The molecule has 1 saturated heterocycles. The highest BCUT2D eigenvalue weighted by Crippen LogP contribution is 2.20. The number of hydrogen-bond donors (Lipinski definition) is 1. The molecular formula is C16H25N3O. The fourth-order valence-electron chi connectivity index (χ4n) is 2.58. The van der Waals surface area contributed by atoms with E-state index in [9.17, 15) is 4.79 Å². The van der Waals surface area contributed by atoms with Gasteiger partial charge in [-0.2, -0.15) is 0 Å². The largest absolute Gasteiger partial charge is 0.336 e. The van der Waals surface area contributed by atoms with E-state index in [1.807, 2.05) is 29.2 Å². The Morgan fingerprint density at radius 3 is 2.45 bits per heavy atom. The molecule has 0 spiro atoms. The number of likely N-dealkylation sites (N-methyl/N-ethyl adjacent to an activating group) is 1. The summed E-state index contributed by atoms with van der Waals surface area (Å²) in [6.07, 6.45) is 0.857. The van der Waals surface area contributed by atoms with Gasteiger partial charge in [0.2, 0.25) is 0 Å². The molecule has 2 N–H and O–H groups in total. The maximum atomic E-state index is 12.5. The number of hydrogen-bond acceptors (Lipinski definition) is 3. The predicted octanol–water partition coefficient (Wildman–Crippen LogP) is 1.35. The van der Waals surface area contributed by atoms with Crippen LogP contribution in [0.2, 0.25) is 0 Å². The van der Waals surface area contributed by atoms with Crippen molar-refractivity contribution in [2.24, 2.45) is 5.73 Å². The van der Waals surface area contributed by atoms with Gasteiger partial charge in [-0.3, -0.25) is 9.69 Å². The maximum absolute atomic E-state index is 12.5. The molecule has 0 aliphatic carbocycles. The van der Waals surface area contributed by atoms with Crippen LogP contribution in [0.3, 0.4) is 0 Å². The Morgan fingerprint density at radius 2 is 1.90 bits per heavy atom. The zero-order valence-electron chi connectivity index (χ0n) is 12.7. The number of nitrogens with zero attached hydrogens (tertiary/aromatic N) is 2. The smallest absolute Gasteiger partial charge is 0.253 e. The fourth-order valence-corrected chi connectivity index (χ4v) is 2.58. The Hall–Kier alpha value is -1.39. The highest BCUT2D eigenvalue weighted by Gasteiger charge is 2.33. The zero-order chi connectivity index (χ0) is 14.8. The van der Waals surface area contributed by atoms with Crippen LogP contribution in [0.5, 0.6) is 0 Å². The number of rotatable bonds is 3. The molecule has 0 radical (unpaired) electrons. The monoisotopic (exact) mass is 275 g/mol. The minimum absolute atomic E-state index is 0.0351. The first-order chi connectivity index (χ1) is 9.44. The fraction of sp³-hybridized carbons (Fsp3) is 0.562. The Bertz CT molecular complexity index is 467. The summed E-state index contributed by atoms with van der Waals surface area (Å²) in [5, 5.41) is 0. The molecule has 4 heteroatoms. The third-order valence-corrected chi connectivity index (χ3v) is 4.24. The van der Waals surface area contributed by atoms with Crippen molar-refractivity contribution in [3.05, 3.63) is 35.4 Å². The maximum Gasteiger partial charge on any atom is 0.253 e. The van der Waals surface area contributed by atoms with Gasteiger partial charge in [0.05, 0.1) is 0 Å². The van der Waals surface area contributed by atoms with E-state index in [-0.39, 0.29) is 11.4 Å². The lowest BCUT2D eigenvalue weighted by molar-refractivity contribution is 0.0311. The van der Waals surface area contributed by atoms with E-state index in [1.54, 1.807) is 0 Å². The van der Waals surface area contributed by atoms with Gasteiger partial charge in [-0.15, -0.1) is 0 Å². The molecule has 20 heavy (non-hydrogen) atoms. The van der Waals surface area contributed by atoms with Crippen molar-refractivity contribution in [1.29, 1.82) is 0 Å². The molecule has 0 saturated carbocycles. The summed E-state index contributed by atoms with van der Waals surface area (Å²) in [6.45, 7) is 7.48. The molecule has 110 valence electrons. The van der Waals surface area contributed by atoms with Crippen molar-refractivity contribution in [2.45, 2.75) is 25.8 Å². The topological polar surface area (TPSA) is 49.6 Å². The van der Waals surface area contributed by atoms with Crippen molar-refractivity contribution in [3.8, 4) is 0 Å². The summed E-state index contributed by atoms with van der Waals surface area (Å²) >= 11 is 0. The number of carbonyl (C=O) groups excluding carboxylic acids is 1. The molecule has 2 rings (SSSR count). The van der Waals surface area contributed by atoms with Gasteiger partial charge in [0.15, 0.2) is 0 Å². The van der Waals surface area contributed by atoms with Crippen LogP contribution in [0, 0.1) is 0 Å². The summed E-state index contributed by atoms with van der Waals surface area (Å²) < 4.78 is 0. The molecule has 1 amide bonds. The minimum atomic E-state index is 0.0351. The normalized spacial score (nSPS) is 19.1. The van der Waals surface area contributed by atoms with Gasteiger partial charge in [-0.1, -0.05) is 12.1 Å². The zero-order valence-corrected chi connectivity index (χ0v) is 12.7. The van der Waals surface area contributed by atoms with Crippen LogP contribution >= 0.6 is 0 Å². The van der Waals surface area contributed by atoms with Crippen LogP contribution in [0.4, 0.5) is 0 Å². The van der Waals surface area contributed by atoms with E-state index < -0.39 is 0 Å². The van der Waals surface area contributed by atoms with E-state index in [2.05, 4.69) is 25.8 Å². The minimum Gasteiger partial charge on any atom is -0.336 e. The Labute approximate surface area is 121 Å². The molecule has 0 aromatic heterocycles. The molecule has 0 atom stereocenters. The van der Waals surface area contributed by atoms with E-state index in [0.717, 1.165) is 31.6 Å². The lowest BCUT2D eigenvalue weighted by Crippen LogP contribution is -2.58. The van der Waals surface area contributed by atoms with Gasteiger partial charge in [0.25, 0.3) is 5.91 Å². The van der Waals surface area contributed by atoms with Gasteiger partial charge >= 0.3 is 0 Å². The van der Waals surface area contributed by atoms with E-state index >= 15 is 0 Å². The summed E-state index contributed by atoms with van der Waals surface area (Å²) in [6, 6.07) is 7.83. The first-order valence-electron chi connectivity index (χ1n) is 7.23. The molecular weight excluding hydrogens is 250 g/mol. The van der Waals surface area contributed by atoms with Crippen LogP contribution in [-0.4, -0.2) is 54.5 Å². The highest BCUT2D eigenvalue weighted by molar-refractivity contribution is 5.94. The molecule has 1 aromatic carbocycles. The van der Waals surface area contributed by atoms with Crippen molar-refractivity contribution in [1.82, 2.24) is 9.80 Å². The van der Waals surface area contributed by atoms with Crippen LogP contribution in [0.15, 0.2) is 24.3 Å². The second-order valence-corrected chi connectivity index (χ2v) is 6.20. The van der Waals surface area contributed by atoms with Gasteiger partial charge in [-0.05, 0) is 51.6 Å². The van der Waals surface area contributed by atoms with Gasteiger partial charge < -0.3 is 10.6 Å². The molecule has 0 unspecified atom stereocenters. The number of benzene rings is 1. The molecule has 1 aliphatic heterocycles. The average molecular weight is 275 g/mol. The summed E-state index contributed by atoms with van der Waals surface area (Å²) in [5.74, 6) is 0.130. The molecule has 1 heterocycles. The van der Waals surface area contributed by atoms with Crippen molar-refractivity contribution in [2.75, 3.05) is 33.2 Å². The van der Waals surface area contributed by atoms with E-state index in [1.165, 1.54) is 5.56 Å². The van der Waals surface area contributed by atoms with Crippen molar-refractivity contribution < 1.29 is 4.79 Å². The quantitative estimate of drug-likeness (QED) is 0.906.